The maximum atomic E-state index is 4.37. The lowest BCUT2D eigenvalue weighted by atomic mass is 9.89. The summed E-state index contributed by atoms with van der Waals surface area (Å²) < 4.78 is 0.820. The van der Waals surface area contributed by atoms with E-state index < -0.39 is 0 Å². The molecule has 128 valence electrons. The van der Waals surface area contributed by atoms with E-state index in [0.29, 0.717) is 11.8 Å². The molecule has 1 aromatic heterocycles. The Kier molecular flexibility index (Phi) is 7.24. The number of hydrogen-bond donors (Lipinski definition) is 0. The van der Waals surface area contributed by atoms with Gasteiger partial charge in [0.25, 0.3) is 0 Å². The Labute approximate surface area is 159 Å². The first kappa shape index (κ1) is 18.9. The van der Waals surface area contributed by atoms with Crippen LogP contribution in [-0.2, 0) is 6.42 Å². The minimum Gasteiger partial charge on any atom is -0.615 e. The topological polar surface area (TPSA) is 30.2 Å². The molecule has 1 heterocycles. The van der Waals surface area contributed by atoms with Gasteiger partial charge in [-0.25, -0.2) is 0 Å². The van der Waals surface area contributed by atoms with Crippen LogP contribution in [0.3, 0.4) is 0 Å². The Balaban J connectivity index is 1.92. The van der Waals surface area contributed by atoms with Gasteiger partial charge in [0.2, 0.25) is 0 Å². The Hall–Kier alpha value is -1.40. The van der Waals surface area contributed by atoms with Crippen LogP contribution >= 0.6 is 22.6 Å². The van der Waals surface area contributed by atoms with Gasteiger partial charge in [-0.1, -0.05) is 70.5 Å². The zero-order chi connectivity index (χ0) is 17.5. The molecule has 0 aliphatic rings. The standard InChI is InChI=1S/C20H25IN3/c1-15(16(2)14-24(4)23-17(3)21)12-18-7-9-19(10-8-18)20-6-5-11-22-13-20/h5-11,13,15-16H,3,12,14H2,1-2,4H3/q-1. The minimum atomic E-state index is 0.562. The molecule has 0 saturated heterocycles. The summed E-state index contributed by atoms with van der Waals surface area (Å²) in [5, 5.41) is 1.99. The van der Waals surface area contributed by atoms with Crippen molar-refractivity contribution in [2.45, 2.75) is 20.3 Å². The van der Waals surface area contributed by atoms with Crippen molar-refractivity contribution in [3.8, 4) is 11.1 Å². The molecule has 0 saturated carbocycles. The van der Waals surface area contributed by atoms with Crippen molar-refractivity contribution < 1.29 is 0 Å². The van der Waals surface area contributed by atoms with Crippen LogP contribution in [0, 0.1) is 11.8 Å². The van der Waals surface area contributed by atoms with E-state index in [0.717, 1.165) is 22.2 Å². The van der Waals surface area contributed by atoms with Gasteiger partial charge >= 0.3 is 0 Å². The molecule has 2 atom stereocenters. The molecule has 0 radical (unpaired) electrons. The Bertz CT molecular complexity index is 640. The molecule has 0 aliphatic heterocycles. The fraction of sp³-hybridized carbons (Fsp3) is 0.350. The molecule has 0 aliphatic carbocycles. The molecule has 0 amide bonds. The summed E-state index contributed by atoms with van der Waals surface area (Å²) in [5.74, 6) is 1.15. The van der Waals surface area contributed by atoms with E-state index in [2.05, 4.69) is 83.8 Å². The molecule has 2 unspecified atom stereocenters. The average molecular weight is 434 g/mol. The number of halogens is 1. The molecule has 3 nitrogen and oxygen atoms in total. The zero-order valence-corrected chi connectivity index (χ0v) is 16.8. The molecular formula is C20H25IN3-. The fourth-order valence-electron chi connectivity index (χ4n) is 2.76. The van der Waals surface area contributed by atoms with Crippen molar-refractivity contribution in [3.63, 3.8) is 0 Å². The Morgan fingerprint density at radius 3 is 2.46 bits per heavy atom. The normalized spacial score (nSPS) is 13.5. The predicted octanol–water partition coefficient (Wildman–Crippen LogP) is 5.69. The maximum absolute atomic E-state index is 4.37. The molecule has 0 fully saturated rings. The van der Waals surface area contributed by atoms with E-state index in [1.807, 2.05) is 24.3 Å². The summed E-state index contributed by atoms with van der Waals surface area (Å²) >= 11 is 2.14. The first-order valence-corrected chi connectivity index (χ1v) is 9.30. The van der Waals surface area contributed by atoms with Crippen molar-refractivity contribution in [1.29, 1.82) is 0 Å². The molecule has 0 spiro atoms. The predicted molar refractivity (Wildman–Crippen MR) is 111 cm³/mol. The second kappa shape index (κ2) is 9.18. The summed E-state index contributed by atoms with van der Waals surface area (Å²) in [6.45, 7) is 9.36. The van der Waals surface area contributed by atoms with Gasteiger partial charge in [0.15, 0.2) is 0 Å². The van der Waals surface area contributed by atoms with Crippen LogP contribution < -0.4 is 0 Å². The van der Waals surface area contributed by atoms with Crippen LogP contribution in [-0.4, -0.2) is 23.6 Å². The van der Waals surface area contributed by atoms with Gasteiger partial charge in [-0.15, -0.1) is 6.58 Å². The number of rotatable bonds is 8. The van der Waals surface area contributed by atoms with E-state index in [-0.39, 0.29) is 0 Å². The van der Waals surface area contributed by atoms with Crippen LogP contribution in [0.4, 0.5) is 0 Å². The van der Waals surface area contributed by atoms with Gasteiger partial charge in [-0.3, -0.25) is 4.98 Å². The van der Waals surface area contributed by atoms with Crippen LogP contribution in [0.5, 0.6) is 0 Å². The fourth-order valence-corrected chi connectivity index (χ4v) is 3.13. The van der Waals surface area contributed by atoms with Gasteiger partial charge in [0.05, 0.1) is 0 Å². The SMILES string of the molecule is C=C(I)[N-]N(C)CC(C)C(C)Cc1ccc(-c2cccnc2)cc1. The van der Waals surface area contributed by atoms with Gasteiger partial charge in [-0.2, -0.15) is 0 Å². The largest absolute Gasteiger partial charge is 0.615 e. The number of aromatic nitrogens is 1. The molecular weight excluding hydrogens is 409 g/mol. The van der Waals surface area contributed by atoms with Gasteiger partial charge < -0.3 is 10.4 Å². The summed E-state index contributed by atoms with van der Waals surface area (Å²) in [5.41, 5.74) is 8.12. The first-order chi connectivity index (χ1) is 11.5. The summed E-state index contributed by atoms with van der Waals surface area (Å²) in [6, 6.07) is 12.9. The van der Waals surface area contributed by atoms with E-state index >= 15 is 0 Å². The third-order valence-electron chi connectivity index (χ3n) is 4.31. The van der Waals surface area contributed by atoms with E-state index in [1.165, 1.54) is 11.1 Å². The Morgan fingerprint density at radius 2 is 1.88 bits per heavy atom. The molecule has 1 aromatic carbocycles. The van der Waals surface area contributed by atoms with E-state index in [9.17, 15) is 0 Å². The molecule has 2 rings (SSSR count). The highest BCUT2D eigenvalue weighted by molar-refractivity contribution is 14.1. The highest BCUT2D eigenvalue weighted by Crippen LogP contribution is 2.23. The molecule has 24 heavy (non-hydrogen) atoms. The van der Waals surface area contributed by atoms with Gasteiger partial charge in [-0.05, 0) is 54.6 Å². The highest BCUT2D eigenvalue weighted by atomic mass is 127. The monoisotopic (exact) mass is 434 g/mol. The quantitative estimate of drug-likeness (QED) is 0.304. The van der Waals surface area contributed by atoms with Crippen LogP contribution in [0.15, 0.2) is 59.1 Å². The van der Waals surface area contributed by atoms with E-state index in [4.69, 9.17) is 0 Å². The molecule has 2 aromatic rings. The van der Waals surface area contributed by atoms with Crippen molar-refractivity contribution in [2.24, 2.45) is 11.8 Å². The number of hydrogen-bond acceptors (Lipinski definition) is 2. The average Bonchev–Trinajstić information content (AvgIpc) is 2.55. The highest BCUT2D eigenvalue weighted by Gasteiger charge is 2.13. The third kappa shape index (κ3) is 5.91. The molecule has 4 heteroatoms. The lowest BCUT2D eigenvalue weighted by Crippen LogP contribution is -2.25. The second-order valence-corrected chi connectivity index (χ2v) is 7.66. The van der Waals surface area contributed by atoms with Crippen LogP contribution in [0.2, 0.25) is 0 Å². The number of benzene rings is 1. The molecule has 0 N–H and O–H groups in total. The first-order valence-electron chi connectivity index (χ1n) is 8.22. The number of nitrogens with zero attached hydrogens (tertiary/aromatic N) is 3. The van der Waals surface area contributed by atoms with Crippen LogP contribution in [0.25, 0.3) is 16.6 Å². The number of pyridine rings is 1. The maximum Gasteiger partial charge on any atom is 0.0346 e. The van der Waals surface area contributed by atoms with Crippen molar-refractivity contribution in [1.82, 2.24) is 9.99 Å². The van der Waals surface area contributed by atoms with Crippen molar-refractivity contribution >= 4 is 22.6 Å². The Morgan fingerprint density at radius 1 is 1.17 bits per heavy atom. The van der Waals surface area contributed by atoms with Crippen LogP contribution in [0.1, 0.15) is 19.4 Å². The van der Waals surface area contributed by atoms with E-state index in [1.54, 1.807) is 6.20 Å². The van der Waals surface area contributed by atoms with Crippen molar-refractivity contribution in [3.05, 3.63) is 70.1 Å². The minimum absolute atomic E-state index is 0.562. The third-order valence-corrected chi connectivity index (χ3v) is 4.53. The summed E-state index contributed by atoms with van der Waals surface area (Å²) in [6.07, 6.45) is 4.78. The zero-order valence-electron chi connectivity index (χ0n) is 14.6. The second-order valence-electron chi connectivity index (χ2n) is 6.41. The lowest BCUT2D eigenvalue weighted by molar-refractivity contribution is 0.284. The summed E-state index contributed by atoms with van der Waals surface area (Å²) in [7, 11) is 2.01. The van der Waals surface area contributed by atoms with Gasteiger partial charge in [0, 0.05) is 12.4 Å². The lowest BCUT2D eigenvalue weighted by Gasteiger charge is -2.37. The smallest absolute Gasteiger partial charge is 0.0346 e. The van der Waals surface area contributed by atoms with Gasteiger partial charge in [0.1, 0.15) is 0 Å². The summed E-state index contributed by atoms with van der Waals surface area (Å²) in [4.78, 5) is 4.18. The van der Waals surface area contributed by atoms with Crippen molar-refractivity contribution in [2.75, 3.05) is 13.6 Å². The molecule has 0 bridgehead atoms.